The summed E-state index contributed by atoms with van der Waals surface area (Å²) in [7, 11) is -0.0973. The number of hydrogen-bond acceptors (Lipinski definition) is 2. The van der Waals surface area contributed by atoms with Crippen molar-refractivity contribution in [1.82, 2.24) is 0 Å². The Hall–Kier alpha value is -2.83. The van der Waals surface area contributed by atoms with Crippen molar-refractivity contribution in [3.8, 4) is 17.2 Å². The van der Waals surface area contributed by atoms with Crippen molar-refractivity contribution >= 4 is 26.5 Å². The van der Waals surface area contributed by atoms with Gasteiger partial charge in [-0.15, -0.1) is 6.42 Å². The van der Waals surface area contributed by atoms with Crippen molar-refractivity contribution in [2.75, 3.05) is 0 Å². The van der Waals surface area contributed by atoms with E-state index < -0.39 is 5.60 Å². The Bertz CT molecular complexity index is 1110. The molecule has 0 N–H and O–H groups in total. The standard InChI is InChI=1S/C26H25O2S/c1-4-26(3,21-10-6-5-7-11-21)28-25(27)20-14-16-22(17-15-20)29-18-19(2)23-12-8-9-13-24(23)29/h1,6,8-10,12-18,21H,5,7,11H2,2-3H3/q+1. The van der Waals surface area contributed by atoms with E-state index in [1.165, 1.54) is 20.5 Å². The van der Waals surface area contributed by atoms with Gasteiger partial charge in [-0.1, -0.05) is 30.2 Å². The summed E-state index contributed by atoms with van der Waals surface area (Å²) in [5.41, 5.74) is 0.920. The highest BCUT2D eigenvalue weighted by molar-refractivity contribution is 7.43. The molecule has 0 aliphatic heterocycles. The van der Waals surface area contributed by atoms with E-state index in [1.54, 1.807) is 0 Å². The summed E-state index contributed by atoms with van der Waals surface area (Å²) in [5, 5.41) is 3.62. The van der Waals surface area contributed by atoms with E-state index in [2.05, 4.69) is 54.6 Å². The number of allylic oxidation sites excluding steroid dienone is 1. The minimum absolute atomic E-state index is 0.0639. The van der Waals surface area contributed by atoms with Crippen molar-refractivity contribution in [2.24, 2.45) is 5.92 Å². The molecule has 0 amide bonds. The van der Waals surface area contributed by atoms with E-state index in [0.29, 0.717) is 5.56 Å². The molecule has 3 atom stereocenters. The lowest BCUT2D eigenvalue weighted by molar-refractivity contribution is -0.00291. The molecule has 1 aliphatic carbocycles. The molecule has 0 fully saturated rings. The summed E-state index contributed by atoms with van der Waals surface area (Å²) < 4.78 is 7.15. The molecular weight excluding hydrogens is 376 g/mol. The lowest BCUT2D eigenvalue weighted by Crippen LogP contribution is -2.38. The number of benzene rings is 2. The van der Waals surface area contributed by atoms with Crippen molar-refractivity contribution in [3.05, 3.63) is 77.2 Å². The van der Waals surface area contributed by atoms with Crippen LogP contribution in [0.15, 0.2) is 66.1 Å². The Kier molecular flexibility index (Phi) is 5.30. The first-order chi connectivity index (χ1) is 14.0. The molecule has 0 saturated heterocycles. The number of terminal acetylenes is 1. The van der Waals surface area contributed by atoms with Gasteiger partial charge < -0.3 is 4.74 Å². The molecule has 3 heteroatoms. The van der Waals surface area contributed by atoms with Crippen molar-refractivity contribution in [3.63, 3.8) is 0 Å². The topological polar surface area (TPSA) is 26.3 Å². The molecule has 1 aliphatic rings. The van der Waals surface area contributed by atoms with Crippen molar-refractivity contribution < 1.29 is 9.53 Å². The van der Waals surface area contributed by atoms with E-state index in [1.807, 2.05) is 31.2 Å². The molecule has 0 spiro atoms. The maximum absolute atomic E-state index is 12.8. The molecule has 0 radical (unpaired) electrons. The van der Waals surface area contributed by atoms with Crippen LogP contribution in [-0.2, 0) is 4.74 Å². The molecule has 29 heavy (non-hydrogen) atoms. The van der Waals surface area contributed by atoms with Crippen LogP contribution in [0.25, 0.3) is 15.0 Å². The predicted octanol–water partition coefficient (Wildman–Crippen LogP) is 6.79. The monoisotopic (exact) mass is 401 g/mol. The molecule has 1 aromatic heterocycles. The van der Waals surface area contributed by atoms with Gasteiger partial charge in [0, 0.05) is 27.3 Å². The molecule has 2 nitrogen and oxygen atoms in total. The van der Waals surface area contributed by atoms with Crippen LogP contribution in [0.2, 0.25) is 0 Å². The zero-order chi connectivity index (χ0) is 20.4. The summed E-state index contributed by atoms with van der Waals surface area (Å²) in [6, 6.07) is 16.3. The number of hydrogen-bond donors (Lipinski definition) is 0. The van der Waals surface area contributed by atoms with Gasteiger partial charge in [-0.3, -0.25) is 0 Å². The van der Waals surface area contributed by atoms with Crippen LogP contribution in [0.5, 0.6) is 0 Å². The van der Waals surface area contributed by atoms with Crippen LogP contribution in [0.4, 0.5) is 0 Å². The zero-order valence-electron chi connectivity index (χ0n) is 16.9. The Morgan fingerprint density at radius 3 is 2.66 bits per heavy atom. The van der Waals surface area contributed by atoms with E-state index in [-0.39, 0.29) is 22.4 Å². The molecule has 0 bridgehead atoms. The quantitative estimate of drug-likeness (QED) is 0.208. The number of thiophene rings is 1. The zero-order valence-corrected chi connectivity index (χ0v) is 17.7. The Morgan fingerprint density at radius 2 is 1.97 bits per heavy atom. The van der Waals surface area contributed by atoms with Gasteiger partial charge in [0.15, 0.2) is 15.2 Å². The average Bonchev–Trinajstić information content (AvgIpc) is 3.11. The number of rotatable bonds is 4. The third-order valence-corrected chi connectivity index (χ3v) is 7.94. The van der Waals surface area contributed by atoms with Gasteiger partial charge in [0.25, 0.3) is 0 Å². The second-order valence-electron chi connectivity index (χ2n) is 7.77. The second kappa shape index (κ2) is 7.89. The molecule has 146 valence electrons. The van der Waals surface area contributed by atoms with Gasteiger partial charge in [0.05, 0.1) is 5.56 Å². The van der Waals surface area contributed by atoms with Crippen LogP contribution in [-0.4, -0.2) is 11.6 Å². The molecule has 2 aromatic carbocycles. The number of esters is 1. The number of fused-ring (bicyclic) bond motifs is 1. The highest BCUT2D eigenvalue weighted by Crippen LogP contribution is 2.42. The number of aryl methyl sites for hydroxylation is 1. The largest absolute Gasteiger partial charge is 0.442 e. The van der Waals surface area contributed by atoms with Gasteiger partial charge >= 0.3 is 5.97 Å². The number of ether oxygens (including phenoxy) is 1. The normalized spacial score (nSPS) is 18.8. The first-order valence-electron chi connectivity index (χ1n) is 10.0. The smallest absolute Gasteiger partial charge is 0.339 e. The fourth-order valence-electron chi connectivity index (χ4n) is 3.96. The lowest BCUT2D eigenvalue weighted by Gasteiger charge is -2.32. The van der Waals surface area contributed by atoms with Gasteiger partial charge in [0.2, 0.25) is 0 Å². The van der Waals surface area contributed by atoms with E-state index in [9.17, 15) is 4.79 Å². The highest BCUT2D eigenvalue weighted by Gasteiger charge is 2.35. The molecule has 0 saturated carbocycles. The molecule has 3 unspecified atom stereocenters. The summed E-state index contributed by atoms with van der Waals surface area (Å²) in [4.78, 5) is 14.0. The van der Waals surface area contributed by atoms with Crippen LogP contribution in [0.1, 0.15) is 42.1 Å². The number of carbonyl (C=O) groups is 1. The maximum atomic E-state index is 12.8. The molecule has 3 aromatic rings. The van der Waals surface area contributed by atoms with Crippen molar-refractivity contribution in [2.45, 2.75) is 38.7 Å². The molecular formula is C26H25O2S+. The van der Waals surface area contributed by atoms with Gasteiger partial charge in [0.1, 0.15) is 5.38 Å². The summed E-state index contributed by atoms with van der Waals surface area (Å²) in [5.74, 6) is 2.42. The first-order valence-corrected chi connectivity index (χ1v) is 11.3. The van der Waals surface area contributed by atoms with E-state index >= 15 is 0 Å². The molecule has 1 heterocycles. The third-order valence-electron chi connectivity index (χ3n) is 5.74. The fraction of sp³-hybridized carbons (Fsp3) is 0.269. The Morgan fingerprint density at radius 1 is 1.21 bits per heavy atom. The Labute approximate surface area is 175 Å². The SMILES string of the molecule is C#CC(C)(OC(=O)c1ccc(-[s+]2cc(C)c3ccccc32)cc1)C1C=CCCC1. The lowest BCUT2D eigenvalue weighted by atomic mass is 9.82. The summed E-state index contributed by atoms with van der Waals surface area (Å²) in [6.07, 6.45) is 13.1. The van der Waals surface area contributed by atoms with Crippen LogP contribution >= 0.6 is 10.5 Å². The van der Waals surface area contributed by atoms with Crippen molar-refractivity contribution in [1.29, 1.82) is 0 Å². The van der Waals surface area contributed by atoms with E-state index in [4.69, 9.17) is 11.2 Å². The summed E-state index contributed by atoms with van der Waals surface area (Å²) in [6.45, 7) is 3.99. The van der Waals surface area contributed by atoms with Gasteiger partial charge in [-0.2, -0.15) is 0 Å². The van der Waals surface area contributed by atoms with Crippen LogP contribution in [0.3, 0.4) is 0 Å². The third kappa shape index (κ3) is 3.73. The maximum Gasteiger partial charge on any atom is 0.339 e. The number of carbonyl (C=O) groups excluding carboxylic acids is 1. The average molecular weight is 402 g/mol. The Balaban J connectivity index is 1.57. The van der Waals surface area contributed by atoms with E-state index in [0.717, 1.165) is 19.3 Å². The van der Waals surface area contributed by atoms with Crippen LogP contribution in [0, 0.1) is 25.2 Å². The highest BCUT2D eigenvalue weighted by atomic mass is 32.2. The minimum Gasteiger partial charge on any atom is -0.442 e. The fourth-order valence-corrected chi connectivity index (χ4v) is 6.07. The predicted molar refractivity (Wildman–Crippen MR) is 122 cm³/mol. The van der Waals surface area contributed by atoms with Gasteiger partial charge in [-0.25, -0.2) is 4.79 Å². The summed E-state index contributed by atoms with van der Waals surface area (Å²) >= 11 is 0. The first kappa shape index (κ1) is 19.5. The van der Waals surface area contributed by atoms with Gasteiger partial charge in [-0.05, 0) is 69.5 Å². The molecule has 4 rings (SSSR count). The second-order valence-corrected chi connectivity index (χ2v) is 9.59. The minimum atomic E-state index is -0.918. The van der Waals surface area contributed by atoms with Crippen LogP contribution < -0.4 is 0 Å².